The monoisotopic (exact) mass is 201 g/mol. The fraction of sp³-hybridized carbons (Fsp3) is 0.800. The Labute approximate surface area is 85.3 Å². The molecular formula is C10H19NO3. The van der Waals surface area contributed by atoms with Crippen LogP contribution in [0.2, 0.25) is 0 Å². The SMILES string of the molecule is CCCC[C@H](ON=C(C)C)C(=O)OC. The smallest absolute Gasteiger partial charge is 0.349 e. The molecule has 0 bridgehead atoms. The zero-order chi connectivity index (χ0) is 11.0. The summed E-state index contributed by atoms with van der Waals surface area (Å²) >= 11 is 0. The van der Waals surface area contributed by atoms with E-state index in [0.29, 0.717) is 6.42 Å². The van der Waals surface area contributed by atoms with Crippen molar-refractivity contribution in [2.75, 3.05) is 7.11 Å². The van der Waals surface area contributed by atoms with Gasteiger partial charge in [0, 0.05) is 0 Å². The lowest BCUT2D eigenvalue weighted by atomic mass is 10.2. The number of unbranched alkanes of at least 4 members (excludes halogenated alkanes) is 1. The largest absolute Gasteiger partial charge is 0.466 e. The van der Waals surface area contributed by atoms with Gasteiger partial charge in [-0.05, 0) is 26.7 Å². The number of hydrogen-bond donors (Lipinski definition) is 0. The van der Waals surface area contributed by atoms with E-state index in [0.717, 1.165) is 18.6 Å². The van der Waals surface area contributed by atoms with Crippen molar-refractivity contribution in [1.29, 1.82) is 0 Å². The van der Waals surface area contributed by atoms with Crippen molar-refractivity contribution in [2.45, 2.75) is 46.1 Å². The van der Waals surface area contributed by atoms with Crippen molar-refractivity contribution >= 4 is 11.7 Å². The van der Waals surface area contributed by atoms with E-state index in [9.17, 15) is 4.79 Å². The Balaban J connectivity index is 4.10. The summed E-state index contributed by atoms with van der Waals surface area (Å²) in [5.74, 6) is -0.358. The summed E-state index contributed by atoms with van der Waals surface area (Å²) in [6, 6.07) is 0. The van der Waals surface area contributed by atoms with E-state index in [1.165, 1.54) is 7.11 Å². The summed E-state index contributed by atoms with van der Waals surface area (Å²) in [6.45, 7) is 5.69. The zero-order valence-corrected chi connectivity index (χ0v) is 9.37. The standard InChI is InChI=1S/C10H19NO3/c1-5-6-7-9(10(12)13-4)14-11-8(2)3/h9H,5-7H2,1-4H3/t9-/m0/s1. The molecule has 0 amide bonds. The van der Waals surface area contributed by atoms with Gasteiger partial charge in [-0.3, -0.25) is 0 Å². The van der Waals surface area contributed by atoms with Gasteiger partial charge >= 0.3 is 5.97 Å². The molecule has 4 nitrogen and oxygen atoms in total. The van der Waals surface area contributed by atoms with Gasteiger partial charge in [0.2, 0.25) is 6.10 Å². The van der Waals surface area contributed by atoms with E-state index in [2.05, 4.69) is 16.8 Å². The highest BCUT2D eigenvalue weighted by molar-refractivity contribution is 5.79. The molecule has 0 aromatic heterocycles. The number of rotatable bonds is 6. The molecule has 0 spiro atoms. The molecule has 0 saturated heterocycles. The first-order valence-corrected chi connectivity index (χ1v) is 4.86. The summed E-state index contributed by atoms with van der Waals surface area (Å²) in [6.07, 6.45) is 2.04. The molecule has 14 heavy (non-hydrogen) atoms. The summed E-state index contributed by atoms with van der Waals surface area (Å²) in [5.41, 5.74) is 0.787. The first-order chi connectivity index (χ1) is 6.61. The van der Waals surface area contributed by atoms with Crippen LogP contribution in [0.3, 0.4) is 0 Å². The molecule has 0 N–H and O–H groups in total. The zero-order valence-electron chi connectivity index (χ0n) is 9.37. The number of esters is 1. The molecule has 82 valence electrons. The van der Waals surface area contributed by atoms with Gasteiger partial charge in [0.05, 0.1) is 12.8 Å². The van der Waals surface area contributed by atoms with E-state index in [1.54, 1.807) is 0 Å². The van der Waals surface area contributed by atoms with Crippen LogP contribution in [0.15, 0.2) is 5.16 Å². The van der Waals surface area contributed by atoms with Gasteiger partial charge in [-0.1, -0.05) is 18.5 Å². The molecule has 4 heteroatoms. The van der Waals surface area contributed by atoms with Crippen LogP contribution < -0.4 is 0 Å². The van der Waals surface area contributed by atoms with Crippen molar-refractivity contribution in [3.63, 3.8) is 0 Å². The van der Waals surface area contributed by atoms with Gasteiger partial charge in [0.1, 0.15) is 0 Å². The average Bonchev–Trinajstić information content (AvgIpc) is 2.16. The summed E-state index contributed by atoms with van der Waals surface area (Å²) < 4.78 is 4.61. The van der Waals surface area contributed by atoms with Gasteiger partial charge in [-0.2, -0.15) is 0 Å². The Morgan fingerprint density at radius 2 is 2.07 bits per heavy atom. The van der Waals surface area contributed by atoms with E-state index in [-0.39, 0.29) is 5.97 Å². The van der Waals surface area contributed by atoms with Crippen LogP contribution in [0.5, 0.6) is 0 Å². The first-order valence-electron chi connectivity index (χ1n) is 4.86. The van der Waals surface area contributed by atoms with Crippen LogP contribution in [-0.4, -0.2) is 24.9 Å². The van der Waals surface area contributed by atoms with Crippen molar-refractivity contribution in [1.82, 2.24) is 0 Å². The molecule has 0 aliphatic carbocycles. The number of methoxy groups -OCH3 is 1. The molecule has 0 saturated carbocycles. The molecule has 1 atom stereocenters. The fourth-order valence-corrected chi connectivity index (χ4v) is 0.904. The third kappa shape index (κ3) is 5.56. The first kappa shape index (κ1) is 12.9. The van der Waals surface area contributed by atoms with Crippen molar-refractivity contribution in [2.24, 2.45) is 5.16 Å². The number of oxime groups is 1. The van der Waals surface area contributed by atoms with Crippen molar-refractivity contribution < 1.29 is 14.4 Å². The Kier molecular flexibility index (Phi) is 6.80. The minimum Gasteiger partial charge on any atom is -0.466 e. The Hall–Kier alpha value is -1.06. The minimum absolute atomic E-state index is 0.358. The lowest BCUT2D eigenvalue weighted by molar-refractivity contribution is -0.154. The molecule has 0 fully saturated rings. The molecule has 0 aromatic carbocycles. The number of carbonyl (C=O) groups is 1. The van der Waals surface area contributed by atoms with Gasteiger partial charge in [0.15, 0.2) is 0 Å². The molecule has 0 unspecified atom stereocenters. The highest BCUT2D eigenvalue weighted by atomic mass is 16.7. The summed E-state index contributed by atoms with van der Waals surface area (Å²) in [4.78, 5) is 16.3. The molecule has 0 radical (unpaired) electrons. The fourth-order valence-electron chi connectivity index (χ4n) is 0.904. The summed E-state index contributed by atoms with van der Waals surface area (Å²) in [7, 11) is 1.35. The van der Waals surface area contributed by atoms with Crippen molar-refractivity contribution in [3.05, 3.63) is 0 Å². The second-order valence-electron chi connectivity index (χ2n) is 3.30. The topological polar surface area (TPSA) is 47.9 Å². The number of ether oxygens (including phenoxy) is 1. The van der Waals surface area contributed by atoms with Crippen LogP contribution in [0.1, 0.15) is 40.0 Å². The van der Waals surface area contributed by atoms with Crippen LogP contribution in [0.25, 0.3) is 0 Å². The van der Waals surface area contributed by atoms with Gasteiger partial charge in [-0.25, -0.2) is 4.79 Å². The maximum absolute atomic E-state index is 11.2. The average molecular weight is 201 g/mol. The lowest BCUT2D eigenvalue weighted by Gasteiger charge is -2.11. The highest BCUT2D eigenvalue weighted by Gasteiger charge is 2.20. The Morgan fingerprint density at radius 1 is 1.43 bits per heavy atom. The normalized spacial score (nSPS) is 11.7. The maximum Gasteiger partial charge on any atom is 0.349 e. The Morgan fingerprint density at radius 3 is 2.50 bits per heavy atom. The lowest BCUT2D eigenvalue weighted by Crippen LogP contribution is -2.24. The molecule has 0 rings (SSSR count). The predicted octanol–water partition coefficient (Wildman–Crippen LogP) is 2.13. The van der Waals surface area contributed by atoms with Crippen molar-refractivity contribution in [3.8, 4) is 0 Å². The van der Waals surface area contributed by atoms with Crippen LogP contribution >= 0.6 is 0 Å². The molecule has 0 aliphatic rings. The van der Waals surface area contributed by atoms with E-state index in [1.807, 2.05) is 13.8 Å². The van der Waals surface area contributed by atoms with E-state index >= 15 is 0 Å². The second-order valence-corrected chi connectivity index (χ2v) is 3.30. The van der Waals surface area contributed by atoms with E-state index in [4.69, 9.17) is 4.84 Å². The molecule has 0 aliphatic heterocycles. The predicted molar refractivity (Wildman–Crippen MR) is 55.2 cm³/mol. The highest BCUT2D eigenvalue weighted by Crippen LogP contribution is 2.07. The molecule has 0 aromatic rings. The van der Waals surface area contributed by atoms with Gasteiger partial charge in [0.25, 0.3) is 0 Å². The number of nitrogens with zero attached hydrogens (tertiary/aromatic N) is 1. The van der Waals surface area contributed by atoms with Crippen LogP contribution in [0, 0.1) is 0 Å². The third-order valence-electron chi connectivity index (χ3n) is 1.65. The summed E-state index contributed by atoms with van der Waals surface area (Å²) in [5, 5.41) is 3.76. The Bertz CT molecular complexity index is 198. The second kappa shape index (κ2) is 7.35. The van der Waals surface area contributed by atoms with Crippen LogP contribution in [-0.2, 0) is 14.4 Å². The van der Waals surface area contributed by atoms with Crippen LogP contribution in [0.4, 0.5) is 0 Å². The number of hydrogen-bond acceptors (Lipinski definition) is 4. The molecular weight excluding hydrogens is 182 g/mol. The van der Waals surface area contributed by atoms with Gasteiger partial charge in [-0.15, -0.1) is 0 Å². The number of carbonyl (C=O) groups excluding carboxylic acids is 1. The minimum atomic E-state index is -0.560. The van der Waals surface area contributed by atoms with Gasteiger partial charge < -0.3 is 9.57 Å². The third-order valence-corrected chi connectivity index (χ3v) is 1.65. The van der Waals surface area contributed by atoms with E-state index < -0.39 is 6.10 Å². The quantitative estimate of drug-likeness (QED) is 0.376. The molecule has 0 heterocycles. The maximum atomic E-state index is 11.2.